The Morgan fingerprint density at radius 1 is 0.880 bits per heavy atom. The van der Waals surface area contributed by atoms with E-state index < -0.39 is 6.10 Å². The van der Waals surface area contributed by atoms with E-state index in [1.807, 2.05) is 18.2 Å². The zero-order valence-corrected chi connectivity index (χ0v) is 16.0. The fourth-order valence-electron chi connectivity index (χ4n) is 2.74. The van der Waals surface area contributed by atoms with E-state index in [0.29, 0.717) is 13.2 Å². The number of pyridine rings is 1. The van der Waals surface area contributed by atoms with Crippen molar-refractivity contribution < 1.29 is 14.6 Å². The van der Waals surface area contributed by atoms with Crippen molar-refractivity contribution in [1.82, 2.24) is 4.98 Å². The van der Waals surface area contributed by atoms with Crippen LogP contribution in [0.25, 0.3) is 0 Å². The van der Waals surface area contributed by atoms with Crippen LogP contribution >= 0.6 is 0 Å². The molecule has 1 heterocycles. The summed E-state index contributed by atoms with van der Waals surface area (Å²) in [4.78, 5) is 4.17. The maximum Gasteiger partial charge on any atom is 0.101 e. The van der Waals surface area contributed by atoms with E-state index in [4.69, 9.17) is 9.47 Å². The summed E-state index contributed by atoms with van der Waals surface area (Å²) >= 11 is 0. The first kappa shape index (κ1) is 22.1. The largest absolute Gasteiger partial charge is 0.388 e. The Labute approximate surface area is 154 Å². The number of nitrogens with zero attached hydrogens (tertiary/aromatic N) is 1. The van der Waals surface area contributed by atoms with Crippen LogP contribution in [0.15, 0.2) is 24.4 Å². The maximum atomic E-state index is 9.82. The molecule has 0 radical (unpaired) electrons. The van der Waals surface area contributed by atoms with Gasteiger partial charge in [0.1, 0.15) is 6.10 Å². The number of hydrogen-bond donors (Lipinski definition) is 1. The summed E-state index contributed by atoms with van der Waals surface area (Å²) in [5.74, 6) is 0. The van der Waals surface area contributed by atoms with E-state index in [0.717, 1.165) is 18.7 Å². The summed E-state index contributed by atoms with van der Waals surface area (Å²) in [6.45, 7) is 4.05. The first-order valence-corrected chi connectivity index (χ1v) is 10.1. The molecule has 0 amide bonds. The lowest BCUT2D eigenvalue weighted by Crippen LogP contribution is -2.22. The Morgan fingerprint density at radius 2 is 1.52 bits per heavy atom. The summed E-state index contributed by atoms with van der Waals surface area (Å²) in [7, 11) is 0. The molecule has 1 atom stereocenters. The van der Waals surface area contributed by atoms with E-state index in [2.05, 4.69) is 11.9 Å². The highest BCUT2D eigenvalue weighted by Gasteiger charge is 2.05. The Kier molecular flexibility index (Phi) is 14.6. The van der Waals surface area contributed by atoms with Gasteiger partial charge in [-0.1, -0.05) is 70.8 Å². The van der Waals surface area contributed by atoms with Crippen molar-refractivity contribution >= 4 is 0 Å². The highest BCUT2D eigenvalue weighted by Crippen LogP contribution is 2.10. The second kappa shape index (κ2) is 16.5. The van der Waals surface area contributed by atoms with Gasteiger partial charge in [-0.15, -0.1) is 0 Å². The maximum absolute atomic E-state index is 9.82. The first-order valence-electron chi connectivity index (χ1n) is 10.1. The van der Waals surface area contributed by atoms with Crippen molar-refractivity contribution in [3.05, 3.63) is 30.1 Å². The molecule has 1 rings (SSSR count). The predicted octanol–water partition coefficient (Wildman–Crippen LogP) is 4.90. The molecule has 1 aromatic rings. The number of aliphatic hydroxyl groups excluding tert-OH is 1. The first-order chi connectivity index (χ1) is 12.3. The van der Waals surface area contributed by atoms with Gasteiger partial charge in [0, 0.05) is 12.8 Å². The van der Waals surface area contributed by atoms with Crippen LogP contribution in [0, 0.1) is 0 Å². The molecule has 144 valence electrons. The highest BCUT2D eigenvalue weighted by molar-refractivity contribution is 5.01. The summed E-state index contributed by atoms with van der Waals surface area (Å²) in [6, 6.07) is 5.71. The molecule has 0 fully saturated rings. The van der Waals surface area contributed by atoms with Gasteiger partial charge in [0.2, 0.25) is 0 Å². The predicted molar refractivity (Wildman–Crippen MR) is 103 cm³/mol. The zero-order valence-electron chi connectivity index (χ0n) is 16.0. The molecular formula is C21H37NO3. The lowest BCUT2D eigenvalue weighted by atomic mass is 10.1. The number of unbranched alkanes of at least 4 members (excludes halogenated alkanes) is 9. The quantitative estimate of drug-likeness (QED) is 0.406. The summed E-state index contributed by atoms with van der Waals surface area (Å²) in [5, 5.41) is 9.82. The molecule has 0 saturated carbocycles. The van der Waals surface area contributed by atoms with Crippen molar-refractivity contribution in [3.8, 4) is 0 Å². The minimum atomic E-state index is -0.563. The third-order valence-corrected chi connectivity index (χ3v) is 4.24. The van der Waals surface area contributed by atoms with Gasteiger partial charge in [-0.2, -0.15) is 0 Å². The fraction of sp³-hybridized carbons (Fsp3) is 0.762. The molecule has 0 aliphatic rings. The lowest BCUT2D eigenvalue weighted by molar-refractivity contribution is -0.0245. The van der Waals surface area contributed by atoms with Gasteiger partial charge in [-0.05, 0) is 18.6 Å². The number of aromatic nitrogens is 1. The third-order valence-electron chi connectivity index (χ3n) is 4.24. The van der Waals surface area contributed by atoms with E-state index >= 15 is 0 Å². The average molecular weight is 352 g/mol. The van der Waals surface area contributed by atoms with Gasteiger partial charge in [0.05, 0.1) is 25.5 Å². The van der Waals surface area contributed by atoms with Crippen LogP contribution in [-0.2, 0) is 16.1 Å². The Hall–Kier alpha value is -0.970. The monoisotopic (exact) mass is 351 g/mol. The zero-order chi connectivity index (χ0) is 18.0. The smallest absolute Gasteiger partial charge is 0.101 e. The topological polar surface area (TPSA) is 51.6 Å². The second-order valence-corrected chi connectivity index (χ2v) is 6.75. The van der Waals surface area contributed by atoms with Crippen molar-refractivity contribution in [1.29, 1.82) is 0 Å². The van der Waals surface area contributed by atoms with Crippen LogP contribution in [0.3, 0.4) is 0 Å². The molecule has 1 unspecified atom stereocenters. The number of ether oxygens (including phenoxy) is 2. The minimum absolute atomic E-state index is 0.286. The molecule has 0 aliphatic heterocycles. The van der Waals surface area contributed by atoms with Crippen LogP contribution in [-0.4, -0.2) is 36.0 Å². The molecule has 0 aromatic carbocycles. The molecule has 4 heteroatoms. The molecule has 1 aromatic heterocycles. The van der Waals surface area contributed by atoms with Crippen molar-refractivity contribution in [2.45, 2.75) is 83.8 Å². The minimum Gasteiger partial charge on any atom is -0.388 e. The van der Waals surface area contributed by atoms with Gasteiger partial charge >= 0.3 is 0 Å². The van der Waals surface area contributed by atoms with Crippen LogP contribution < -0.4 is 0 Å². The van der Waals surface area contributed by atoms with E-state index in [1.54, 1.807) is 6.20 Å². The van der Waals surface area contributed by atoms with Gasteiger partial charge in [0.15, 0.2) is 0 Å². The van der Waals surface area contributed by atoms with Crippen molar-refractivity contribution in [2.75, 3.05) is 19.8 Å². The normalized spacial score (nSPS) is 12.4. The van der Waals surface area contributed by atoms with E-state index in [9.17, 15) is 5.11 Å². The van der Waals surface area contributed by atoms with Crippen molar-refractivity contribution in [2.24, 2.45) is 0 Å². The Morgan fingerprint density at radius 3 is 2.16 bits per heavy atom. The second-order valence-electron chi connectivity index (χ2n) is 6.75. The van der Waals surface area contributed by atoms with Gasteiger partial charge < -0.3 is 14.6 Å². The standard InChI is InChI=1S/C21H37NO3/c1-2-3-4-5-6-7-8-9-10-13-16-24-18-21(23)19-25-17-20-14-11-12-15-22-20/h11-12,14-15,21,23H,2-10,13,16-19H2,1H3. The van der Waals surface area contributed by atoms with Gasteiger partial charge in [-0.3, -0.25) is 4.98 Å². The van der Waals surface area contributed by atoms with Crippen LogP contribution in [0.2, 0.25) is 0 Å². The van der Waals surface area contributed by atoms with Gasteiger partial charge in [0.25, 0.3) is 0 Å². The molecule has 0 aliphatic carbocycles. The lowest BCUT2D eigenvalue weighted by Gasteiger charge is -2.11. The summed E-state index contributed by atoms with van der Waals surface area (Å²) in [6.07, 6.45) is 14.4. The third kappa shape index (κ3) is 13.9. The van der Waals surface area contributed by atoms with Gasteiger partial charge in [-0.25, -0.2) is 0 Å². The Balaban J connectivity index is 1.80. The molecule has 0 bridgehead atoms. The number of aliphatic hydroxyl groups is 1. The van der Waals surface area contributed by atoms with Crippen LogP contribution in [0.4, 0.5) is 0 Å². The summed E-state index contributed by atoms with van der Waals surface area (Å²) < 4.78 is 11.0. The number of rotatable bonds is 17. The Bertz CT molecular complexity index is 386. The summed E-state index contributed by atoms with van der Waals surface area (Å²) in [5.41, 5.74) is 0.876. The molecule has 0 spiro atoms. The van der Waals surface area contributed by atoms with E-state index in [-0.39, 0.29) is 6.61 Å². The van der Waals surface area contributed by atoms with Crippen LogP contribution in [0.1, 0.15) is 76.8 Å². The van der Waals surface area contributed by atoms with E-state index in [1.165, 1.54) is 57.8 Å². The molecule has 0 saturated heterocycles. The fourth-order valence-corrected chi connectivity index (χ4v) is 2.74. The molecule has 1 N–H and O–H groups in total. The average Bonchev–Trinajstić information content (AvgIpc) is 2.63. The van der Waals surface area contributed by atoms with Crippen LogP contribution in [0.5, 0.6) is 0 Å². The molecule has 25 heavy (non-hydrogen) atoms. The molecule has 4 nitrogen and oxygen atoms in total. The highest BCUT2D eigenvalue weighted by atomic mass is 16.5. The number of hydrogen-bond acceptors (Lipinski definition) is 4. The SMILES string of the molecule is CCCCCCCCCCCCOCC(O)COCc1ccccn1. The van der Waals surface area contributed by atoms with Crippen molar-refractivity contribution in [3.63, 3.8) is 0 Å². The molecular weight excluding hydrogens is 314 g/mol.